The first kappa shape index (κ1) is 9.47. The first-order chi connectivity index (χ1) is 5.91. The van der Waals surface area contributed by atoms with Crippen molar-refractivity contribution in [1.82, 2.24) is 0 Å². The Morgan fingerprint density at radius 2 is 1.50 bits per heavy atom. The fraction of sp³-hybridized carbons (Fsp3) is 0. The molecule has 0 bridgehead atoms. The zero-order valence-corrected chi connectivity index (χ0v) is 6.23. The van der Waals surface area contributed by atoms with Crippen LogP contribution in [0.25, 0.3) is 0 Å². The van der Waals surface area contributed by atoms with Crippen LogP contribution >= 0.6 is 0 Å². The third kappa shape index (κ3) is 7.47. The van der Waals surface area contributed by atoms with Gasteiger partial charge in [0.1, 0.15) is 6.07 Å². The maximum Gasteiger partial charge on any atom is 0.100 e. The standard InChI is InChI=1S/C11H3N/c1-2-3-4-5-6-7-8-9-10-11-12/h10H,1H2. The molecule has 0 aliphatic rings. The fourth-order valence-electron chi connectivity index (χ4n) is 0.274. The predicted octanol–water partition coefficient (Wildman–Crippen LogP) is 1.94. The molecule has 0 unspecified atom stereocenters. The Balaban J connectivity index is 5.19. The second kappa shape index (κ2) is 8.47. The summed E-state index contributed by atoms with van der Waals surface area (Å²) in [6, 6.07) is 1.75. The maximum atomic E-state index is 8.03. The minimum Gasteiger partial charge on any atom is -0.192 e. The van der Waals surface area contributed by atoms with Crippen molar-refractivity contribution in [2.75, 3.05) is 0 Å². The van der Waals surface area contributed by atoms with Gasteiger partial charge in [-0.2, -0.15) is 5.26 Å². The third-order valence-corrected chi connectivity index (χ3v) is 0.610. The van der Waals surface area contributed by atoms with Crippen LogP contribution in [-0.4, -0.2) is 0 Å². The van der Waals surface area contributed by atoms with Crippen LogP contribution in [-0.2, 0) is 0 Å². The van der Waals surface area contributed by atoms with Gasteiger partial charge in [-0.15, -0.1) is 0 Å². The van der Waals surface area contributed by atoms with Crippen molar-refractivity contribution in [2.45, 2.75) is 0 Å². The fourth-order valence-corrected chi connectivity index (χ4v) is 0.274. The van der Waals surface area contributed by atoms with Crippen LogP contribution in [0, 0.1) is 11.3 Å². The highest BCUT2D eigenvalue weighted by Gasteiger charge is 1.46. The Hall–Kier alpha value is -2.53. The number of rotatable bonds is 0. The van der Waals surface area contributed by atoms with Crippen LogP contribution in [0.3, 0.4) is 0 Å². The first-order valence-electron chi connectivity index (χ1n) is 2.90. The summed E-state index contributed by atoms with van der Waals surface area (Å²) in [5, 5.41) is 8.03. The van der Waals surface area contributed by atoms with Gasteiger partial charge < -0.3 is 0 Å². The molecule has 0 aromatic carbocycles. The lowest BCUT2D eigenvalue weighted by Crippen LogP contribution is -1.31. The first-order valence-corrected chi connectivity index (χ1v) is 2.90. The van der Waals surface area contributed by atoms with E-state index in [4.69, 9.17) is 5.26 Å². The maximum absolute atomic E-state index is 8.03. The molecule has 0 saturated heterocycles. The molecule has 0 rings (SSSR count). The van der Waals surface area contributed by atoms with Crippen molar-refractivity contribution in [3.8, 4) is 6.07 Å². The predicted molar refractivity (Wildman–Crippen MR) is 43.9 cm³/mol. The van der Waals surface area contributed by atoms with Gasteiger partial charge in [0.15, 0.2) is 0 Å². The Bertz CT molecular complexity index is 480. The average molecular weight is 149 g/mol. The molecule has 12 heavy (non-hydrogen) atoms. The van der Waals surface area contributed by atoms with Gasteiger partial charge in [0.05, 0.1) is 6.08 Å². The molecular weight excluding hydrogens is 146 g/mol. The van der Waals surface area contributed by atoms with Gasteiger partial charge in [0, 0.05) is 0 Å². The lowest BCUT2D eigenvalue weighted by atomic mass is 10.6. The number of hydrogen-bond acceptors (Lipinski definition) is 1. The van der Waals surface area contributed by atoms with Crippen molar-refractivity contribution in [3.63, 3.8) is 0 Å². The SMILES string of the molecule is C=C=C=C=C=C=C=C=C=CC#N. The van der Waals surface area contributed by atoms with Crippen LogP contribution < -0.4 is 0 Å². The van der Waals surface area contributed by atoms with E-state index in [9.17, 15) is 0 Å². The van der Waals surface area contributed by atoms with Crippen LogP contribution in [0.1, 0.15) is 0 Å². The molecular formula is C11H3N. The topological polar surface area (TPSA) is 23.8 Å². The molecule has 0 aliphatic heterocycles. The molecule has 0 N–H and O–H groups in total. The van der Waals surface area contributed by atoms with E-state index in [0.29, 0.717) is 0 Å². The van der Waals surface area contributed by atoms with E-state index in [1.807, 2.05) is 0 Å². The largest absolute Gasteiger partial charge is 0.192 e. The summed E-state index contributed by atoms with van der Waals surface area (Å²) in [4.78, 5) is 0. The van der Waals surface area contributed by atoms with Crippen molar-refractivity contribution in [2.24, 2.45) is 0 Å². The van der Waals surface area contributed by atoms with E-state index in [2.05, 4.69) is 52.4 Å². The normalized spacial score (nSPS) is 3.92. The molecule has 0 spiro atoms. The Morgan fingerprint density at radius 3 is 2.08 bits per heavy atom. The quantitative estimate of drug-likeness (QED) is 0.381. The molecule has 52 valence electrons. The number of nitrogens with zero attached hydrogens (tertiary/aromatic N) is 1. The van der Waals surface area contributed by atoms with Gasteiger partial charge in [0.2, 0.25) is 0 Å². The van der Waals surface area contributed by atoms with E-state index in [-0.39, 0.29) is 0 Å². The second-order valence-corrected chi connectivity index (χ2v) is 1.34. The van der Waals surface area contributed by atoms with E-state index in [1.54, 1.807) is 6.07 Å². The second-order valence-electron chi connectivity index (χ2n) is 1.34. The lowest BCUT2D eigenvalue weighted by Gasteiger charge is -1.42. The number of allylic oxidation sites excluding steroid dienone is 1. The highest BCUT2D eigenvalue weighted by molar-refractivity contribution is 5.01. The molecule has 1 heteroatoms. The molecule has 0 fully saturated rings. The molecule has 0 aromatic heterocycles. The summed E-state index contributed by atoms with van der Waals surface area (Å²) < 4.78 is 0. The number of nitriles is 1. The van der Waals surface area contributed by atoms with Gasteiger partial charge in [-0.3, -0.25) is 0 Å². The molecule has 0 amide bonds. The molecule has 0 heterocycles. The monoisotopic (exact) mass is 149 g/mol. The van der Waals surface area contributed by atoms with Crippen LogP contribution in [0.15, 0.2) is 58.5 Å². The minimum absolute atomic E-state index is 1.15. The zero-order valence-electron chi connectivity index (χ0n) is 6.23. The van der Waals surface area contributed by atoms with E-state index >= 15 is 0 Å². The van der Waals surface area contributed by atoms with E-state index < -0.39 is 0 Å². The van der Waals surface area contributed by atoms with Crippen molar-refractivity contribution >= 4 is 0 Å². The summed E-state index contributed by atoms with van der Waals surface area (Å²) in [6.45, 7) is 3.26. The molecule has 0 aromatic rings. The van der Waals surface area contributed by atoms with Gasteiger partial charge in [-0.25, -0.2) is 0 Å². The summed E-state index contributed by atoms with van der Waals surface area (Å²) in [7, 11) is 0. The zero-order chi connectivity index (χ0) is 9.07. The lowest BCUT2D eigenvalue weighted by molar-refractivity contribution is 1.54. The molecule has 0 saturated carbocycles. The number of hydrogen-bond donors (Lipinski definition) is 0. The summed E-state index contributed by atoms with van der Waals surface area (Å²) >= 11 is 0. The summed E-state index contributed by atoms with van der Waals surface area (Å²) in [5.74, 6) is 0. The van der Waals surface area contributed by atoms with Crippen molar-refractivity contribution in [3.05, 3.63) is 58.5 Å². The Kier molecular flexibility index (Phi) is 6.68. The molecule has 0 radical (unpaired) electrons. The van der Waals surface area contributed by atoms with E-state index in [1.165, 1.54) is 0 Å². The minimum atomic E-state index is 1.15. The molecule has 0 atom stereocenters. The van der Waals surface area contributed by atoms with Gasteiger partial charge in [0.25, 0.3) is 0 Å². The smallest absolute Gasteiger partial charge is 0.100 e. The van der Waals surface area contributed by atoms with Gasteiger partial charge in [-0.1, -0.05) is 5.73 Å². The summed E-state index contributed by atoms with van der Waals surface area (Å²) in [5.41, 5.74) is 19.3. The van der Waals surface area contributed by atoms with Crippen molar-refractivity contribution in [1.29, 1.82) is 5.26 Å². The van der Waals surface area contributed by atoms with Gasteiger partial charge in [-0.05, 0) is 46.7 Å². The summed E-state index contributed by atoms with van der Waals surface area (Å²) in [6.07, 6.45) is 1.15. The molecule has 0 aliphatic carbocycles. The Morgan fingerprint density at radius 1 is 0.917 bits per heavy atom. The third-order valence-electron chi connectivity index (χ3n) is 0.610. The van der Waals surface area contributed by atoms with Crippen LogP contribution in [0.2, 0.25) is 0 Å². The molecule has 1 nitrogen and oxygen atoms in total. The van der Waals surface area contributed by atoms with Crippen molar-refractivity contribution < 1.29 is 0 Å². The van der Waals surface area contributed by atoms with E-state index in [0.717, 1.165) is 6.08 Å². The highest BCUT2D eigenvalue weighted by atomic mass is 14.2. The Labute approximate surface area is 70.6 Å². The van der Waals surface area contributed by atoms with Gasteiger partial charge >= 0.3 is 0 Å². The highest BCUT2D eigenvalue weighted by Crippen LogP contribution is 1.57. The van der Waals surface area contributed by atoms with Crippen LogP contribution in [0.4, 0.5) is 0 Å². The average Bonchev–Trinajstić information content (AvgIpc) is 2.10. The van der Waals surface area contributed by atoms with Crippen LogP contribution in [0.5, 0.6) is 0 Å².